The van der Waals surface area contributed by atoms with Crippen LogP contribution in [0.1, 0.15) is 65.8 Å². The Labute approximate surface area is 278 Å². The summed E-state index contributed by atoms with van der Waals surface area (Å²) in [6.07, 6.45) is 3.23. The number of carbonyl (C=O) groups excluding carboxylic acids is 1. The molecule has 0 spiro atoms. The van der Waals surface area contributed by atoms with Crippen molar-refractivity contribution < 1.29 is 14.3 Å². The van der Waals surface area contributed by atoms with E-state index in [9.17, 15) is 9.59 Å². The third kappa shape index (κ3) is 14.1. The number of guanidine groups is 1. The average Bonchev–Trinajstić information content (AvgIpc) is 2.98. The van der Waals surface area contributed by atoms with Gasteiger partial charge in [-0.25, -0.2) is 9.78 Å². The highest BCUT2D eigenvalue weighted by Crippen LogP contribution is 2.26. The number of para-hydroxylation sites is 2. The summed E-state index contributed by atoms with van der Waals surface area (Å²) >= 11 is 0. The van der Waals surface area contributed by atoms with Gasteiger partial charge >= 0.3 is 6.03 Å². The molecule has 0 unspecified atom stereocenters. The number of hydrogen-bond donors (Lipinski definition) is 7. The Hall–Kier alpha value is -4.62. The zero-order valence-corrected chi connectivity index (χ0v) is 28.8. The van der Waals surface area contributed by atoms with Gasteiger partial charge in [0, 0.05) is 35.8 Å². The molecule has 0 aliphatic rings. The summed E-state index contributed by atoms with van der Waals surface area (Å²) in [7, 11) is 1.62. The number of nitrogens with one attached hydrogen (secondary N) is 4. The molecule has 0 aliphatic heterocycles. The third-order valence-electron chi connectivity index (χ3n) is 6.46. The minimum atomic E-state index is -0.278. The van der Waals surface area contributed by atoms with Crippen LogP contribution in [-0.4, -0.2) is 60.8 Å². The molecule has 10 N–H and O–H groups in total. The van der Waals surface area contributed by atoms with Crippen molar-refractivity contribution in [1.29, 1.82) is 0 Å². The molecule has 13 nitrogen and oxygen atoms in total. The maximum Gasteiger partial charge on any atom is 0.319 e. The van der Waals surface area contributed by atoms with Gasteiger partial charge in [-0.05, 0) is 70.5 Å². The molecule has 1 heterocycles. The van der Waals surface area contributed by atoms with Crippen LogP contribution in [0.25, 0.3) is 11.1 Å². The molecule has 47 heavy (non-hydrogen) atoms. The Morgan fingerprint density at radius 1 is 1.02 bits per heavy atom. The molecular weight excluding hydrogens is 598 g/mol. The lowest BCUT2D eigenvalue weighted by Gasteiger charge is -2.21. The van der Waals surface area contributed by atoms with Gasteiger partial charge in [-0.1, -0.05) is 45.0 Å². The van der Waals surface area contributed by atoms with Crippen molar-refractivity contribution in [2.45, 2.75) is 71.9 Å². The van der Waals surface area contributed by atoms with E-state index in [1.807, 2.05) is 77.9 Å². The lowest BCUT2D eigenvalue weighted by molar-refractivity contribution is 0.243. The van der Waals surface area contributed by atoms with Crippen LogP contribution >= 0.6 is 0 Å². The van der Waals surface area contributed by atoms with Gasteiger partial charge in [0.15, 0.2) is 5.96 Å². The maximum absolute atomic E-state index is 12.5. The number of carbonyl (C=O) groups is 1. The molecule has 0 fully saturated rings. The van der Waals surface area contributed by atoms with Gasteiger partial charge in [-0.2, -0.15) is 0 Å². The number of anilines is 1. The van der Waals surface area contributed by atoms with Crippen molar-refractivity contribution in [2.75, 3.05) is 38.7 Å². The molecule has 0 aliphatic carbocycles. The average molecular weight is 652 g/mol. The van der Waals surface area contributed by atoms with E-state index in [4.69, 9.17) is 26.7 Å². The second-order valence-electron chi connectivity index (χ2n) is 12.9. The molecule has 0 bridgehead atoms. The van der Waals surface area contributed by atoms with Crippen molar-refractivity contribution in [1.82, 2.24) is 20.6 Å². The van der Waals surface area contributed by atoms with Crippen LogP contribution in [0.4, 0.5) is 10.5 Å². The summed E-state index contributed by atoms with van der Waals surface area (Å²) in [4.78, 5) is 35.6. The van der Waals surface area contributed by atoms with Crippen LogP contribution in [0.5, 0.6) is 11.5 Å². The van der Waals surface area contributed by atoms with Crippen molar-refractivity contribution in [2.24, 2.45) is 22.2 Å². The Kier molecular flexibility index (Phi) is 15.2. The van der Waals surface area contributed by atoms with Crippen molar-refractivity contribution in [3.05, 3.63) is 70.4 Å². The maximum atomic E-state index is 12.5. The minimum Gasteiger partial charge on any atom is -0.496 e. The van der Waals surface area contributed by atoms with Gasteiger partial charge in [0.25, 0.3) is 5.56 Å². The van der Waals surface area contributed by atoms with Crippen LogP contribution in [-0.2, 0) is 12.0 Å². The van der Waals surface area contributed by atoms with Gasteiger partial charge in [0.05, 0.1) is 25.0 Å². The monoisotopic (exact) mass is 651 g/mol. The number of H-pyrrole nitrogens is 1. The second kappa shape index (κ2) is 18.5. The lowest BCUT2D eigenvalue weighted by atomic mass is 9.95. The van der Waals surface area contributed by atoms with E-state index in [0.717, 1.165) is 30.5 Å². The number of aromatic nitrogens is 2. The normalized spacial score (nSPS) is 11.1. The van der Waals surface area contributed by atoms with Gasteiger partial charge in [-0.15, -0.1) is 0 Å². The fourth-order valence-corrected chi connectivity index (χ4v) is 4.13. The summed E-state index contributed by atoms with van der Waals surface area (Å²) in [5.74, 6) is 2.14. The number of nitrogens with zero attached hydrogens (tertiary/aromatic N) is 2. The molecule has 13 heteroatoms. The number of hydrogen-bond acceptors (Lipinski definition) is 8. The zero-order chi connectivity index (χ0) is 35.0. The topological polar surface area (TPSA) is 208 Å². The molecule has 3 rings (SSSR count). The lowest BCUT2D eigenvalue weighted by Crippen LogP contribution is -2.43. The standard InChI is InChI=1S/C20H30N6O2.C14H23N3O2/c1-20(2,3)18-25-12-15(17(27)26-18)13-6-7-14(16(10-13)28-4)11-23-8-5-9-24-19(21)22;1-14(2,3)17-13(18)16-11-7-4-5-8-12(11)19-10-6-9-15/h6-7,10,12,23H,5,8-9,11H2,1-4H3,(H4,21,22,24)(H,25,26,27);4-5,7-8H,6,9-10,15H2,1-3H3,(H2,16,17,18). The number of methoxy groups -OCH3 is 1. The number of urea groups is 1. The Bertz CT molecular complexity index is 1500. The summed E-state index contributed by atoms with van der Waals surface area (Å²) in [6, 6.07) is 12.8. The van der Waals surface area contributed by atoms with E-state index in [0.29, 0.717) is 54.8 Å². The minimum absolute atomic E-state index is 0.109. The molecule has 1 aromatic heterocycles. The fraction of sp³-hybridized carbons (Fsp3) is 0.471. The summed E-state index contributed by atoms with van der Waals surface area (Å²) in [5, 5.41) is 8.96. The molecule has 0 radical (unpaired) electrons. The Morgan fingerprint density at radius 3 is 2.36 bits per heavy atom. The van der Waals surface area contributed by atoms with E-state index >= 15 is 0 Å². The Morgan fingerprint density at radius 2 is 1.74 bits per heavy atom. The Balaban J connectivity index is 0.000000353. The first-order valence-electron chi connectivity index (χ1n) is 15.7. The van der Waals surface area contributed by atoms with E-state index in [1.165, 1.54) is 0 Å². The van der Waals surface area contributed by atoms with Crippen LogP contribution in [0.15, 0.2) is 58.4 Å². The van der Waals surface area contributed by atoms with Gasteiger partial charge < -0.3 is 47.6 Å². The predicted molar refractivity (Wildman–Crippen MR) is 190 cm³/mol. The van der Waals surface area contributed by atoms with E-state index in [-0.39, 0.29) is 28.5 Å². The third-order valence-corrected chi connectivity index (χ3v) is 6.46. The van der Waals surface area contributed by atoms with Crippen LogP contribution in [0.3, 0.4) is 0 Å². The van der Waals surface area contributed by atoms with Gasteiger partial charge in [-0.3, -0.25) is 9.79 Å². The number of rotatable bonds is 13. The number of aliphatic imine (C=N–C) groups is 1. The SMILES string of the molecule is CC(C)(C)NC(=O)Nc1ccccc1OCCCN.COc1cc(-c2cnc(C(C)(C)C)[nH]c2=O)ccc1CNCCCN=C(N)N. The first-order chi connectivity index (χ1) is 22.1. The molecule has 0 saturated heterocycles. The highest BCUT2D eigenvalue weighted by Gasteiger charge is 2.18. The van der Waals surface area contributed by atoms with E-state index < -0.39 is 0 Å². The summed E-state index contributed by atoms with van der Waals surface area (Å²) in [6.45, 7) is 14.9. The quantitative estimate of drug-likeness (QED) is 0.0813. The van der Waals surface area contributed by atoms with Crippen molar-refractivity contribution >= 4 is 17.7 Å². The van der Waals surface area contributed by atoms with Crippen LogP contribution in [0.2, 0.25) is 0 Å². The molecule has 2 amide bonds. The highest BCUT2D eigenvalue weighted by atomic mass is 16.5. The number of ether oxygens (including phenoxy) is 2. The number of benzene rings is 2. The summed E-state index contributed by atoms with van der Waals surface area (Å²) in [5.41, 5.74) is 18.3. The predicted octanol–water partition coefficient (Wildman–Crippen LogP) is 3.83. The molecule has 0 atom stereocenters. The van der Waals surface area contributed by atoms with Gasteiger partial charge in [0.2, 0.25) is 0 Å². The molecular formula is C34H53N9O4. The number of aromatic amines is 1. The molecule has 0 saturated carbocycles. The van der Waals surface area contributed by atoms with Crippen LogP contribution < -0.4 is 48.2 Å². The first kappa shape index (κ1) is 38.6. The molecule has 3 aromatic rings. The van der Waals surface area contributed by atoms with Crippen LogP contribution in [0, 0.1) is 0 Å². The summed E-state index contributed by atoms with van der Waals surface area (Å²) < 4.78 is 11.1. The molecule has 258 valence electrons. The fourth-order valence-electron chi connectivity index (χ4n) is 4.13. The number of nitrogens with two attached hydrogens (primary N) is 3. The van der Waals surface area contributed by atoms with Crippen molar-refractivity contribution in [3.8, 4) is 22.6 Å². The van der Waals surface area contributed by atoms with Gasteiger partial charge in [0.1, 0.15) is 17.3 Å². The second-order valence-corrected chi connectivity index (χ2v) is 12.9. The highest BCUT2D eigenvalue weighted by molar-refractivity contribution is 5.91. The smallest absolute Gasteiger partial charge is 0.319 e. The first-order valence-corrected chi connectivity index (χ1v) is 15.7. The van der Waals surface area contributed by atoms with Crippen molar-refractivity contribution in [3.63, 3.8) is 0 Å². The largest absolute Gasteiger partial charge is 0.496 e. The molecule has 2 aromatic carbocycles. The number of amides is 2. The van der Waals surface area contributed by atoms with E-state index in [1.54, 1.807) is 19.4 Å². The van der Waals surface area contributed by atoms with E-state index in [2.05, 4.69) is 30.9 Å². The zero-order valence-electron chi connectivity index (χ0n) is 28.8.